The van der Waals surface area contributed by atoms with Crippen LogP contribution in [0.3, 0.4) is 0 Å². The Kier molecular flexibility index (Phi) is 3.55. The fraction of sp³-hybridized carbons (Fsp3) is 0.636. The van der Waals surface area contributed by atoms with Crippen LogP contribution in [0.25, 0.3) is 0 Å². The lowest BCUT2D eigenvalue weighted by molar-refractivity contribution is 0.488. The molecule has 74 valence electrons. The maximum absolute atomic E-state index is 5.97. The lowest BCUT2D eigenvalue weighted by Gasteiger charge is -2.12. The molecule has 0 saturated carbocycles. The van der Waals surface area contributed by atoms with Gasteiger partial charge in [0.2, 0.25) is 0 Å². The zero-order chi connectivity index (χ0) is 9.84. The Hall–Kier alpha value is -0.760. The Balaban J connectivity index is 2.40. The smallest absolute Gasteiger partial charge is 0.100 e. The number of hydrogen-bond donors (Lipinski definition) is 1. The molecular formula is C11H19NO. The van der Waals surface area contributed by atoms with E-state index in [1.165, 1.54) is 5.56 Å². The van der Waals surface area contributed by atoms with E-state index in [-0.39, 0.29) is 6.04 Å². The normalized spacial score (nSPS) is 13.6. The van der Waals surface area contributed by atoms with Crippen molar-refractivity contribution in [2.45, 2.75) is 39.7 Å². The van der Waals surface area contributed by atoms with E-state index in [1.54, 1.807) is 6.26 Å². The first-order chi connectivity index (χ1) is 6.08. The van der Waals surface area contributed by atoms with E-state index in [4.69, 9.17) is 10.2 Å². The van der Waals surface area contributed by atoms with Crippen LogP contribution in [0.1, 0.15) is 31.6 Å². The summed E-state index contributed by atoms with van der Waals surface area (Å²) in [5.41, 5.74) is 7.19. The fourth-order valence-corrected chi connectivity index (χ4v) is 1.60. The van der Waals surface area contributed by atoms with Gasteiger partial charge in [-0.3, -0.25) is 0 Å². The number of nitrogens with two attached hydrogens (primary N) is 1. The molecule has 0 spiro atoms. The molecule has 0 fully saturated rings. The molecule has 0 aromatic carbocycles. The van der Waals surface area contributed by atoms with E-state index in [1.807, 2.05) is 6.92 Å². The highest BCUT2D eigenvalue weighted by molar-refractivity contribution is 5.12. The fourth-order valence-electron chi connectivity index (χ4n) is 1.60. The van der Waals surface area contributed by atoms with Crippen LogP contribution in [0, 0.1) is 12.8 Å². The summed E-state index contributed by atoms with van der Waals surface area (Å²) in [6.07, 6.45) is 3.80. The third kappa shape index (κ3) is 3.64. The van der Waals surface area contributed by atoms with E-state index in [0.29, 0.717) is 5.92 Å². The van der Waals surface area contributed by atoms with Crippen molar-refractivity contribution in [3.63, 3.8) is 0 Å². The van der Waals surface area contributed by atoms with E-state index >= 15 is 0 Å². The number of furan rings is 1. The first kappa shape index (κ1) is 10.3. The van der Waals surface area contributed by atoms with Crippen molar-refractivity contribution >= 4 is 0 Å². The molecule has 1 rings (SSSR count). The molecule has 0 radical (unpaired) electrons. The molecule has 1 aromatic heterocycles. The van der Waals surface area contributed by atoms with Crippen LogP contribution in [0.15, 0.2) is 16.7 Å². The summed E-state index contributed by atoms with van der Waals surface area (Å²) >= 11 is 0. The summed E-state index contributed by atoms with van der Waals surface area (Å²) in [5, 5.41) is 0. The van der Waals surface area contributed by atoms with Gasteiger partial charge in [0, 0.05) is 6.04 Å². The van der Waals surface area contributed by atoms with Gasteiger partial charge in [-0.2, -0.15) is 0 Å². The van der Waals surface area contributed by atoms with E-state index < -0.39 is 0 Å². The van der Waals surface area contributed by atoms with E-state index in [9.17, 15) is 0 Å². The highest BCUT2D eigenvalue weighted by Gasteiger charge is 2.07. The molecule has 0 aliphatic rings. The van der Waals surface area contributed by atoms with Crippen LogP contribution in [-0.4, -0.2) is 6.04 Å². The summed E-state index contributed by atoms with van der Waals surface area (Å²) in [6.45, 7) is 6.35. The molecule has 13 heavy (non-hydrogen) atoms. The molecule has 1 unspecified atom stereocenters. The van der Waals surface area contributed by atoms with Gasteiger partial charge in [-0.25, -0.2) is 0 Å². The average molecular weight is 181 g/mol. The Labute approximate surface area is 80.1 Å². The zero-order valence-electron chi connectivity index (χ0n) is 8.71. The van der Waals surface area contributed by atoms with Gasteiger partial charge in [0.05, 0.1) is 6.26 Å². The molecular weight excluding hydrogens is 162 g/mol. The Morgan fingerprint density at radius 3 is 2.62 bits per heavy atom. The molecule has 1 atom stereocenters. The van der Waals surface area contributed by atoms with Crippen molar-refractivity contribution in [2.24, 2.45) is 11.7 Å². The Bertz CT molecular complexity index is 252. The van der Waals surface area contributed by atoms with Gasteiger partial charge < -0.3 is 10.2 Å². The first-order valence-corrected chi connectivity index (χ1v) is 4.87. The second kappa shape index (κ2) is 4.47. The SMILES string of the molecule is Cc1cc(CC(N)CC(C)C)co1. The highest BCUT2D eigenvalue weighted by Crippen LogP contribution is 2.11. The molecule has 2 N–H and O–H groups in total. The second-order valence-electron chi connectivity index (χ2n) is 4.16. The number of rotatable bonds is 4. The van der Waals surface area contributed by atoms with Gasteiger partial charge in [0.15, 0.2) is 0 Å². The van der Waals surface area contributed by atoms with Crippen molar-refractivity contribution in [3.05, 3.63) is 23.7 Å². The number of aryl methyl sites for hydroxylation is 1. The van der Waals surface area contributed by atoms with Crippen LogP contribution in [0.5, 0.6) is 0 Å². The van der Waals surface area contributed by atoms with E-state index in [0.717, 1.165) is 18.6 Å². The highest BCUT2D eigenvalue weighted by atomic mass is 16.3. The monoisotopic (exact) mass is 181 g/mol. The van der Waals surface area contributed by atoms with Gasteiger partial charge >= 0.3 is 0 Å². The molecule has 1 heterocycles. The minimum Gasteiger partial charge on any atom is -0.469 e. The Morgan fingerprint density at radius 2 is 2.15 bits per heavy atom. The second-order valence-corrected chi connectivity index (χ2v) is 4.16. The predicted molar refractivity (Wildman–Crippen MR) is 54.6 cm³/mol. The maximum Gasteiger partial charge on any atom is 0.100 e. The molecule has 0 aliphatic heterocycles. The van der Waals surface area contributed by atoms with Gasteiger partial charge in [0.1, 0.15) is 5.76 Å². The summed E-state index contributed by atoms with van der Waals surface area (Å²) < 4.78 is 5.21. The predicted octanol–water partition coefficient (Wildman–Crippen LogP) is 2.50. The van der Waals surface area contributed by atoms with Gasteiger partial charge in [0.25, 0.3) is 0 Å². The third-order valence-electron chi connectivity index (χ3n) is 2.06. The molecule has 0 bridgehead atoms. The minimum atomic E-state index is 0.261. The molecule has 0 amide bonds. The summed E-state index contributed by atoms with van der Waals surface area (Å²) in [4.78, 5) is 0. The topological polar surface area (TPSA) is 39.2 Å². The van der Waals surface area contributed by atoms with Crippen molar-refractivity contribution in [1.29, 1.82) is 0 Å². The van der Waals surface area contributed by atoms with Crippen molar-refractivity contribution in [3.8, 4) is 0 Å². The van der Waals surface area contributed by atoms with Crippen molar-refractivity contribution in [1.82, 2.24) is 0 Å². The summed E-state index contributed by atoms with van der Waals surface area (Å²) in [7, 11) is 0. The van der Waals surface area contributed by atoms with Crippen LogP contribution in [0.2, 0.25) is 0 Å². The molecule has 0 saturated heterocycles. The largest absolute Gasteiger partial charge is 0.469 e. The molecule has 2 heteroatoms. The van der Waals surface area contributed by atoms with Crippen LogP contribution < -0.4 is 5.73 Å². The van der Waals surface area contributed by atoms with Crippen LogP contribution >= 0.6 is 0 Å². The molecule has 0 aliphatic carbocycles. The lowest BCUT2D eigenvalue weighted by Crippen LogP contribution is -2.24. The van der Waals surface area contributed by atoms with Crippen LogP contribution in [-0.2, 0) is 6.42 Å². The minimum absolute atomic E-state index is 0.261. The van der Waals surface area contributed by atoms with Gasteiger partial charge in [-0.05, 0) is 37.3 Å². The molecule has 1 aromatic rings. The quantitative estimate of drug-likeness (QED) is 0.775. The average Bonchev–Trinajstić information content (AvgIpc) is 2.33. The van der Waals surface area contributed by atoms with Crippen molar-refractivity contribution < 1.29 is 4.42 Å². The van der Waals surface area contributed by atoms with Crippen molar-refractivity contribution in [2.75, 3.05) is 0 Å². The van der Waals surface area contributed by atoms with E-state index in [2.05, 4.69) is 19.9 Å². The standard InChI is InChI=1S/C11H19NO/c1-8(2)4-11(12)6-10-5-9(3)13-7-10/h5,7-8,11H,4,6,12H2,1-3H3. The Morgan fingerprint density at radius 1 is 1.46 bits per heavy atom. The third-order valence-corrected chi connectivity index (χ3v) is 2.06. The summed E-state index contributed by atoms with van der Waals surface area (Å²) in [6, 6.07) is 2.32. The van der Waals surface area contributed by atoms with Crippen LogP contribution in [0.4, 0.5) is 0 Å². The first-order valence-electron chi connectivity index (χ1n) is 4.87. The lowest BCUT2D eigenvalue weighted by atomic mass is 9.99. The molecule has 2 nitrogen and oxygen atoms in total. The van der Waals surface area contributed by atoms with Gasteiger partial charge in [-0.15, -0.1) is 0 Å². The maximum atomic E-state index is 5.97. The zero-order valence-corrected chi connectivity index (χ0v) is 8.71. The number of hydrogen-bond acceptors (Lipinski definition) is 2. The van der Waals surface area contributed by atoms with Gasteiger partial charge in [-0.1, -0.05) is 13.8 Å². The summed E-state index contributed by atoms with van der Waals surface area (Å²) in [5.74, 6) is 1.63.